The highest BCUT2D eigenvalue weighted by atomic mass is 16.7. The SMILES string of the molecule is COC(=O)c1ccc(Oc2ccc3c(c2)OCO3)c(NN=C(C#N)C#N)c1. The van der Waals surface area contributed by atoms with Gasteiger partial charge in [0.25, 0.3) is 0 Å². The van der Waals surface area contributed by atoms with Crippen LogP contribution in [0.25, 0.3) is 0 Å². The maximum Gasteiger partial charge on any atom is 0.337 e. The molecule has 9 heteroatoms. The molecule has 0 saturated carbocycles. The van der Waals surface area contributed by atoms with E-state index in [2.05, 4.69) is 15.3 Å². The van der Waals surface area contributed by atoms with Gasteiger partial charge in [-0.25, -0.2) is 4.79 Å². The number of nitriles is 2. The number of ether oxygens (including phenoxy) is 4. The molecule has 2 aromatic rings. The third kappa shape index (κ3) is 3.89. The number of rotatable bonds is 5. The van der Waals surface area contributed by atoms with Gasteiger partial charge in [0.15, 0.2) is 17.2 Å². The average molecular weight is 364 g/mol. The van der Waals surface area contributed by atoms with Crippen molar-refractivity contribution in [3.63, 3.8) is 0 Å². The van der Waals surface area contributed by atoms with Gasteiger partial charge in [0, 0.05) is 6.07 Å². The van der Waals surface area contributed by atoms with Crippen LogP contribution in [0.5, 0.6) is 23.0 Å². The molecular formula is C18H12N4O5. The quantitative estimate of drug-likeness (QED) is 0.487. The van der Waals surface area contributed by atoms with Crippen LogP contribution < -0.4 is 19.6 Å². The number of benzene rings is 2. The second-order valence-corrected chi connectivity index (χ2v) is 5.12. The van der Waals surface area contributed by atoms with Crippen LogP contribution in [0.1, 0.15) is 10.4 Å². The summed E-state index contributed by atoms with van der Waals surface area (Å²) < 4.78 is 21.1. The predicted octanol–water partition coefficient (Wildman–Crippen LogP) is 2.81. The van der Waals surface area contributed by atoms with Crippen LogP contribution in [0.4, 0.5) is 5.69 Å². The summed E-state index contributed by atoms with van der Waals surface area (Å²) in [6.07, 6.45) is 0. The van der Waals surface area contributed by atoms with Crippen molar-refractivity contribution in [3.8, 4) is 35.1 Å². The van der Waals surface area contributed by atoms with Crippen LogP contribution in [-0.4, -0.2) is 25.6 Å². The van der Waals surface area contributed by atoms with Gasteiger partial charge in [-0.05, 0) is 30.3 Å². The Bertz CT molecular complexity index is 988. The molecule has 0 aliphatic carbocycles. The first kappa shape index (κ1) is 17.6. The Morgan fingerprint density at radius 1 is 1.15 bits per heavy atom. The number of anilines is 1. The Kier molecular flexibility index (Phi) is 5.05. The molecule has 1 aliphatic heterocycles. The molecule has 0 unspecified atom stereocenters. The second kappa shape index (κ2) is 7.76. The predicted molar refractivity (Wildman–Crippen MR) is 92.7 cm³/mol. The third-order valence-electron chi connectivity index (χ3n) is 3.47. The summed E-state index contributed by atoms with van der Waals surface area (Å²) in [5, 5.41) is 21.3. The minimum atomic E-state index is -0.558. The number of esters is 1. The summed E-state index contributed by atoms with van der Waals surface area (Å²) in [4.78, 5) is 11.8. The van der Waals surface area contributed by atoms with E-state index in [1.54, 1.807) is 30.3 Å². The fraction of sp³-hybridized carbons (Fsp3) is 0.111. The summed E-state index contributed by atoms with van der Waals surface area (Å²) in [5.41, 5.74) is 2.68. The molecule has 0 saturated heterocycles. The largest absolute Gasteiger partial charge is 0.465 e. The van der Waals surface area contributed by atoms with Crippen LogP contribution in [0.15, 0.2) is 41.5 Å². The Morgan fingerprint density at radius 3 is 2.67 bits per heavy atom. The molecule has 1 heterocycles. The molecule has 0 radical (unpaired) electrons. The van der Waals surface area contributed by atoms with E-state index in [4.69, 9.17) is 24.7 Å². The third-order valence-corrected chi connectivity index (χ3v) is 3.47. The first-order valence-electron chi connectivity index (χ1n) is 7.58. The molecule has 0 aromatic heterocycles. The fourth-order valence-electron chi connectivity index (χ4n) is 2.21. The highest BCUT2D eigenvalue weighted by Gasteiger charge is 2.16. The van der Waals surface area contributed by atoms with Crippen molar-refractivity contribution >= 4 is 17.4 Å². The highest BCUT2D eigenvalue weighted by molar-refractivity contribution is 6.10. The van der Waals surface area contributed by atoms with Crippen molar-refractivity contribution < 1.29 is 23.7 Å². The molecule has 0 bridgehead atoms. The standard InChI is InChI=1S/C18H12N4O5/c1-24-18(23)11-2-4-15(14(6-11)22-21-12(8-19)9-20)27-13-3-5-16-17(7-13)26-10-25-16/h2-7,22H,10H2,1H3. The van der Waals surface area contributed by atoms with Gasteiger partial charge in [0.05, 0.1) is 18.4 Å². The van der Waals surface area contributed by atoms with Crippen molar-refractivity contribution in [1.82, 2.24) is 0 Å². The second-order valence-electron chi connectivity index (χ2n) is 5.12. The first-order chi connectivity index (χ1) is 13.1. The molecule has 0 amide bonds. The lowest BCUT2D eigenvalue weighted by Gasteiger charge is -2.12. The molecule has 0 spiro atoms. The molecular weight excluding hydrogens is 352 g/mol. The normalized spacial score (nSPS) is 10.9. The maximum absolute atomic E-state index is 11.8. The van der Waals surface area contributed by atoms with Gasteiger partial charge >= 0.3 is 5.97 Å². The zero-order valence-corrected chi connectivity index (χ0v) is 14.1. The zero-order valence-electron chi connectivity index (χ0n) is 14.1. The van der Waals surface area contributed by atoms with Crippen molar-refractivity contribution in [3.05, 3.63) is 42.0 Å². The number of carbonyl (C=O) groups is 1. The smallest absolute Gasteiger partial charge is 0.337 e. The van der Waals surface area contributed by atoms with Crippen LogP contribution in [0, 0.1) is 22.7 Å². The summed E-state index contributed by atoms with van der Waals surface area (Å²) in [6, 6.07) is 12.8. The topological polar surface area (TPSA) is 126 Å². The number of fused-ring (bicyclic) bond motifs is 1. The zero-order chi connectivity index (χ0) is 19.2. The highest BCUT2D eigenvalue weighted by Crippen LogP contribution is 2.38. The molecule has 0 atom stereocenters. The lowest BCUT2D eigenvalue weighted by Crippen LogP contribution is -2.04. The number of hydrazone groups is 1. The molecule has 0 fully saturated rings. The number of carbonyl (C=O) groups excluding carboxylic acids is 1. The van der Waals surface area contributed by atoms with E-state index in [1.807, 2.05) is 0 Å². The molecule has 9 nitrogen and oxygen atoms in total. The summed E-state index contributed by atoms with van der Waals surface area (Å²) >= 11 is 0. The van der Waals surface area contributed by atoms with Crippen molar-refractivity contribution in [1.29, 1.82) is 10.5 Å². The van der Waals surface area contributed by atoms with Gasteiger partial charge in [-0.15, -0.1) is 0 Å². The number of methoxy groups -OCH3 is 1. The van der Waals surface area contributed by atoms with Crippen molar-refractivity contribution in [2.75, 3.05) is 19.3 Å². The molecule has 1 aliphatic rings. The van der Waals surface area contributed by atoms with Gasteiger partial charge in [-0.3, -0.25) is 5.43 Å². The van der Waals surface area contributed by atoms with E-state index in [-0.39, 0.29) is 23.8 Å². The first-order valence-corrected chi connectivity index (χ1v) is 7.58. The van der Waals surface area contributed by atoms with E-state index in [0.717, 1.165) is 0 Å². The minimum Gasteiger partial charge on any atom is -0.465 e. The van der Waals surface area contributed by atoms with Gasteiger partial charge in [-0.2, -0.15) is 15.6 Å². The Hall–Kier alpha value is -4.24. The molecule has 134 valence electrons. The summed E-state index contributed by atoms with van der Waals surface area (Å²) in [7, 11) is 1.26. The van der Waals surface area contributed by atoms with Gasteiger partial charge in [-0.1, -0.05) is 0 Å². The molecule has 1 N–H and O–H groups in total. The van der Waals surface area contributed by atoms with Crippen LogP contribution in [0.2, 0.25) is 0 Å². The van der Waals surface area contributed by atoms with E-state index in [9.17, 15) is 4.79 Å². The van der Waals surface area contributed by atoms with E-state index in [1.165, 1.54) is 25.3 Å². The van der Waals surface area contributed by atoms with E-state index >= 15 is 0 Å². The van der Waals surface area contributed by atoms with Gasteiger partial charge < -0.3 is 18.9 Å². The number of hydrogen-bond acceptors (Lipinski definition) is 9. The number of nitrogens with one attached hydrogen (secondary N) is 1. The van der Waals surface area contributed by atoms with Gasteiger partial charge in [0.2, 0.25) is 12.5 Å². The van der Waals surface area contributed by atoms with E-state index in [0.29, 0.717) is 23.0 Å². The maximum atomic E-state index is 11.8. The summed E-state index contributed by atoms with van der Waals surface area (Å²) in [5.74, 6) is 1.36. The van der Waals surface area contributed by atoms with Crippen LogP contribution in [0.3, 0.4) is 0 Å². The lowest BCUT2D eigenvalue weighted by atomic mass is 10.2. The minimum absolute atomic E-state index is 0.138. The number of hydrogen-bond donors (Lipinski definition) is 1. The monoisotopic (exact) mass is 364 g/mol. The van der Waals surface area contributed by atoms with Crippen LogP contribution in [-0.2, 0) is 4.74 Å². The van der Waals surface area contributed by atoms with E-state index < -0.39 is 5.97 Å². The van der Waals surface area contributed by atoms with Crippen LogP contribution >= 0.6 is 0 Å². The average Bonchev–Trinajstić information content (AvgIpc) is 3.17. The molecule has 3 rings (SSSR count). The molecule has 27 heavy (non-hydrogen) atoms. The van der Waals surface area contributed by atoms with Gasteiger partial charge in [0.1, 0.15) is 17.9 Å². The Morgan fingerprint density at radius 2 is 1.93 bits per heavy atom. The number of nitrogens with zero attached hydrogens (tertiary/aromatic N) is 3. The molecule has 2 aromatic carbocycles. The van der Waals surface area contributed by atoms with Crippen molar-refractivity contribution in [2.45, 2.75) is 0 Å². The lowest BCUT2D eigenvalue weighted by molar-refractivity contribution is 0.0601. The summed E-state index contributed by atoms with van der Waals surface area (Å²) in [6.45, 7) is 0.138. The Balaban J connectivity index is 1.93. The fourth-order valence-corrected chi connectivity index (χ4v) is 2.21. The Labute approximate surface area is 153 Å². The van der Waals surface area contributed by atoms with Crippen molar-refractivity contribution in [2.24, 2.45) is 5.10 Å².